The highest BCUT2D eigenvalue weighted by molar-refractivity contribution is 7.80. The minimum absolute atomic E-state index is 0.577. The van der Waals surface area contributed by atoms with Crippen molar-refractivity contribution in [3.8, 4) is 0 Å². The second-order valence-corrected chi connectivity index (χ2v) is 15.1. The number of benzene rings is 2. The molecule has 4 bridgehead atoms. The van der Waals surface area contributed by atoms with Crippen molar-refractivity contribution in [2.45, 2.75) is 48.7 Å². The topological polar surface area (TPSA) is 40.5 Å². The Bertz CT molecular complexity index is 1170. The van der Waals surface area contributed by atoms with E-state index in [9.17, 15) is 10.2 Å². The summed E-state index contributed by atoms with van der Waals surface area (Å²) in [6.45, 7) is 0. The van der Waals surface area contributed by atoms with Crippen LogP contribution in [0.25, 0.3) is 0 Å². The van der Waals surface area contributed by atoms with E-state index < -0.39 is 12.2 Å². The normalized spacial score (nSPS) is 47.4. The predicted molar refractivity (Wildman–Crippen MR) is 165 cm³/mol. The van der Waals surface area contributed by atoms with Gasteiger partial charge in [0, 0.05) is 0 Å². The van der Waals surface area contributed by atoms with Gasteiger partial charge in [0.05, 0.1) is 0 Å². The standard InChI is InChI=1S/C32H36O2S4/c33-31-19-1-11-12(16-5-15(11)27-23(7-35)24(8-36)28(16)27)2-20(19)32(34)22-4-14-13(3-21(22)31)17-6-18(14)30-26(10-38)25(9-37)29(17)30/h1-4,15-18,23-38H,5-10H2. The summed E-state index contributed by atoms with van der Waals surface area (Å²) in [5.74, 6) is 11.6. The Hall–Kier alpha value is -0.240. The van der Waals surface area contributed by atoms with Crippen LogP contribution in [-0.2, 0) is 0 Å². The van der Waals surface area contributed by atoms with E-state index in [-0.39, 0.29) is 0 Å². The molecule has 9 rings (SSSR count). The molecule has 0 amide bonds. The average molecular weight is 581 g/mol. The predicted octanol–water partition coefficient (Wildman–Crippen LogP) is 6.01. The smallest absolute Gasteiger partial charge is 0.105 e. The highest BCUT2D eigenvalue weighted by Crippen LogP contribution is 2.73. The molecule has 0 aromatic heterocycles. The average Bonchev–Trinajstić information content (AvgIpc) is 3.62. The van der Waals surface area contributed by atoms with Crippen molar-refractivity contribution in [1.82, 2.24) is 0 Å². The molecule has 2 N–H and O–H groups in total. The van der Waals surface area contributed by atoms with Crippen molar-refractivity contribution >= 4 is 50.5 Å². The first-order chi connectivity index (χ1) is 18.5. The molecule has 0 saturated heterocycles. The zero-order valence-electron chi connectivity index (χ0n) is 21.3. The molecule has 7 aliphatic rings. The second-order valence-electron chi connectivity index (χ2n) is 13.6. The molecule has 4 saturated carbocycles. The van der Waals surface area contributed by atoms with E-state index in [1.807, 2.05) is 0 Å². The van der Waals surface area contributed by atoms with Crippen LogP contribution in [0.5, 0.6) is 0 Å². The summed E-state index contributed by atoms with van der Waals surface area (Å²) in [7, 11) is 0. The molecule has 4 fully saturated rings. The molecule has 0 aliphatic heterocycles. The Kier molecular flexibility index (Phi) is 5.25. The van der Waals surface area contributed by atoms with Crippen LogP contribution >= 0.6 is 50.5 Å². The molecule has 12 atom stereocenters. The molecular formula is C32H36O2S4. The first-order valence-electron chi connectivity index (χ1n) is 14.7. The lowest BCUT2D eigenvalue weighted by molar-refractivity contribution is 0.0111. The number of aliphatic hydroxyl groups is 2. The maximum atomic E-state index is 11.8. The number of hydrogen-bond donors (Lipinski definition) is 6. The molecular weight excluding hydrogens is 545 g/mol. The van der Waals surface area contributed by atoms with Crippen molar-refractivity contribution in [2.75, 3.05) is 23.0 Å². The number of aliphatic hydroxyl groups excluding tert-OH is 2. The van der Waals surface area contributed by atoms with Crippen LogP contribution in [0.15, 0.2) is 24.3 Å². The van der Waals surface area contributed by atoms with E-state index in [2.05, 4.69) is 24.3 Å². The van der Waals surface area contributed by atoms with Gasteiger partial charge < -0.3 is 10.2 Å². The van der Waals surface area contributed by atoms with E-state index >= 15 is 0 Å². The summed E-state index contributed by atoms with van der Waals surface area (Å²) in [5, 5.41) is 23.6. The van der Waals surface area contributed by atoms with Gasteiger partial charge in [0.25, 0.3) is 0 Å². The number of hydrogen-bond acceptors (Lipinski definition) is 6. The molecule has 6 heteroatoms. The minimum atomic E-state index is -0.664. The van der Waals surface area contributed by atoms with Crippen LogP contribution in [0.2, 0.25) is 0 Å². The number of fused-ring (bicyclic) bond motifs is 18. The van der Waals surface area contributed by atoms with E-state index in [0.29, 0.717) is 71.0 Å². The molecule has 0 spiro atoms. The van der Waals surface area contributed by atoms with Gasteiger partial charge in [-0.3, -0.25) is 0 Å². The zero-order chi connectivity index (χ0) is 25.8. The Morgan fingerprint density at radius 1 is 0.447 bits per heavy atom. The fraction of sp³-hybridized carbons (Fsp3) is 0.625. The lowest BCUT2D eigenvalue weighted by Gasteiger charge is -2.55. The highest BCUT2D eigenvalue weighted by atomic mass is 32.1. The molecule has 38 heavy (non-hydrogen) atoms. The van der Waals surface area contributed by atoms with Crippen LogP contribution < -0.4 is 0 Å². The molecule has 2 aromatic rings. The van der Waals surface area contributed by atoms with Crippen molar-refractivity contribution < 1.29 is 10.2 Å². The lowest BCUT2D eigenvalue weighted by atomic mass is 9.51. The van der Waals surface area contributed by atoms with Gasteiger partial charge >= 0.3 is 0 Å². The molecule has 0 heterocycles. The van der Waals surface area contributed by atoms with Gasteiger partial charge in [-0.1, -0.05) is 24.3 Å². The van der Waals surface area contributed by atoms with Crippen LogP contribution in [0.3, 0.4) is 0 Å². The number of rotatable bonds is 4. The zero-order valence-corrected chi connectivity index (χ0v) is 24.9. The van der Waals surface area contributed by atoms with Crippen LogP contribution in [0.1, 0.15) is 93.2 Å². The number of thiol groups is 4. The Balaban J connectivity index is 1.12. The summed E-state index contributed by atoms with van der Waals surface area (Å²) in [6.07, 6.45) is 1.12. The Morgan fingerprint density at radius 2 is 0.684 bits per heavy atom. The SMILES string of the molecule is OC1c2cc3c(cc2C(O)c2cc4c(cc21)C1CC4C2C(CS)C(CS)C12)C1CC3C2C(CS)C(CS)C12. The third-order valence-electron chi connectivity index (χ3n) is 13.0. The van der Waals surface area contributed by atoms with Gasteiger partial charge in [-0.15, -0.1) is 0 Å². The molecule has 0 radical (unpaired) electrons. The van der Waals surface area contributed by atoms with E-state index in [1.54, 1.807) is 0 Å². The van der Waals surface area contributed by atoms with Gasteiger partial charge in [0.15, 0.2) is 0 Å². The van der Waals surface area contributed by atoms with Gasteiger partial charge in [-0.05, 0) is 151 Å². The maximum Gasteiger partial charge on any atom is 0.105 e. The maximum absolute atomic E-state index is 11.8. The van der Waals surface area contributed by atoms with Crippen molar-refractivity contribution in [3.63, 3.8) is 0 Å². The fourth-order valence-corrected chi connectivity index (χ4v) is 13.8. The van der Waals surface area contributed by atoms with Gasteiger partial charge in [-0.2, -0.15) is 50.5 Å². The van der Waals surface area contributed by atoms with Gasteiger partial charge in [0.1, 0.15) is 12.2 Å². The van der Waals surface area contributed by atoms with Crippen LogP contribution in [-0.4, -0.2) is 33.2 Å². The lowest BCUT2D eigenvalue weighted by Crippen LogP contribution is -2.51. The van der Waals surface area contributed by atoms with E-state index in [1.165, 1.54) is 35.1 Å². The second kappa shape index (κ2) is 8.19. The van der Waals surface area contributed by atoms with E-state index in [0.717, 1.165) is 45.3 Å². The summed E-state index contributed by atoms with van der Waals surface area (Å²) >= 11 is 18.9. The first kappa shape index (κ1) is 24.4. The van der Waals surface area contributed by atoms with Crippen LogP contribution in [0, 0.1) is 47.3 Å². The summed E-state index contributed by atoms with van der Waals surface area (Å²) in [5.41, 5.74) is 9.53. The largest absolute Gasteiger partial charge is 0.384 e. The summed E-state index contributed by atoms with van der Waals surface area (Å²) in [6, 6.07) is 9.17. The fourth-order valence-electron chi connectivity index (χ4n) is 11.7. The monoisotopic (exact) mass is 580 g/mol. The molecule has 200 valence electrons. The first-order valence-corrected chi connectivity index (χ1v) is 17.2. The van der Waals surface area contributed by atoms with E-state index in [4.69, 9.17) is 50.5 Å². The third kappa shape index (κ3) is 2.65. The van der Waals surface area contributed by atoms with Crippen molar-refractivity contribution in [3.05, 3.63) is 68.8 Å². The third-order valence-corrected chi connectivity index (χ3v) is 14.7. The van der Waals surface area contributed by atoms with Crippen molar-refractivity contribution in [2.24, 2.45) is 47.3 Å². The highest BCUT2D eigenvalue weighted by Gasteiger charge is 2.65. The van der Waals surface area contributed by atoms with Crippen molar-refractivity contribution in [1.29, 1.82) is 0 Å². The molecule has 12 unspecified atom stereocenters. The van der Waals surface area contributed by atoms with Gasteiger partial charge in [-0.25, -0.2) is 0 Å². The summed E-state index contributed by atoms with van der Waals surface area (Å²) < 4.78 is 0. The summed E-state index contributed by atoms with van der Waals surface area (Å²) in [4.78, 5) is 0. The van der Waals surface area contributed by atoms with Crippen LogP contribution in [0.4, 0.5) is 0 Å². The Morgan fingerprint density at radius 3 is 0.895 bits per heavy atom. The molecule has 2 nitrogen and oxygen atoms in total. The van der Waals surface area contributed by atoms with Gasteiger partial charge in [0.2, 0.25) is 0 Å². The minimum Gasteiger partial charge on any atom is -0.384 e. The molecule has 7 aliphatic carbocycles. The quantitative estimate of drug-likeness (QED) is 0.251. The Labute approximate surface area is 247 Å². The molecule has 2 aromatic carbocycles.